The summed E-state index contributed by atoms with van der Waals surface area (Å²) in [5.74, 6) is 1.08. The predicted octanol–water partition coefficient (Wildman–Crippen LogP) is 8.01. The van der Waals surface area contributed by atoms with Crippen molar-refractivity contribution in [2.45, 2.75) is 65.0 Å². The van der Waals surface area contributed by atoms with Gasteiger partial charge >= 0.3 is 0 Å². The molecule has 2 N–H and O–H groups in total. The fraction of sp³-hybridized carbons (Fsp3) is 0.419. The maximum absolute atomic E-state index is 8.14. The molecular formula is C31H40Cl2N4O2. The molecule has 6 nitrogen and oxygen atoms in total. The fourth-order valence-electron chi connectivity index (χ4n) is 5.97. The number of halogens is 2. The zero-order valence-electron chi connectivity index (χ0n) is 23.5. The van der Waals surface area contributed by atoms with Crippen LogP contribution in [0.25, 0.3) is 32.9 Å². The van der Waals surface area contributed by atoms with Crippen molar-refractivity contribution in [3.63, 3.8) is 0 Å². The van der Waals surface area contributed by atoms with Gasteiger partial charge in [0.05, 0.1) is 17.8 Å². The topological polar surface area (TPSA) is 74.2 Å². The van der Waals surface area contributed by atoms with Crippen molar-refractivity contribution in [2.24, 2.45) is 0 Å². The Bertz CT molecular complexity index is 1430. The van der Waals surface area contributed by atoms with Gasteiger partial charge in [0.1, 0.15) is 12.4 Å². The third kappa shape index (κ3) is 6.34. The van der Waals surface area contributed by atoms with E-state index in [0.29, 0.717) is 13.2 Å². The van der Waals surface area contributed by atoms with Gasteiger partial charge in [-0.3, -0.25) is 15.4 Å². The van der Waals surface area contributed by atoms with E-state index in [0.717, 1.165) is 50.8 Å². The summed E-state index contributed by atoms with van der Waals surface area (Å²) in [7, 11) is 0. The molecule has 1 fully saturated rings. The summed E-state index contributed by atoms with van der Waals surface area (Å²) in [6.07, 6.45) is 3.75. The van der Waals surface area contributed by atoms with E-state index in [9.17, 15) is 0 Å². The second kappa shape index (κ2) is 12.2. The SMILES string of the molecule is CCOC(=N)c1ccc2[nH]nc(-c3ccc4cc(OCCN5C(C)(C)CCCC5(C)C)ccc4c3)c2c1.Cl.Cl. The number of likely N-dealkylation sites (tertiary alicyclic amines) is 1. The number of nitrogens with zero attached hydrogens (tertiary/aromatic N) is 2. The number of hydrogen-bond acceptors (Lipinski definition) is 5. The quantitative estimate of drug-likeness (QED) is 0.174. The van der Waals surface area contributed by atoms with E-state index in [2.05, 4.69) is 79.2 Å². The summed E-state index contributed by atoms with van der Waals surface area (Å²) in [6, 6.07) is 18.5. The normalized spacial score (nSPS) is 16.3. The standard InChI is InChI=1S/C31H38N4O2.2ClH/c1-6-36-29(32)24-11-13-27-26(20-24)28(34-33-27)23-9-8-22-19-25(12-10-21(22)18-23)37-17-16-35-30(2,3)14-7-15-31(35,4)5;;/h8-13,18-20,32H,6-7,14-17H2,1-5H3,(H,33,34);2*1H. The first-order valence-corrected chi connectivity index (χ1v) is 13.3. The Morgan fingerprint density at radius 2 is 1.64 bits per heavy atom. The lowest BCUT2D eigenvalue weighted by Crippen LogP contribution is -2.59. The Hall–Kier alpha value is -2.80. The minimum Gasteiger partial charge on any atom is -0.492 e. The van der Waals surface area contributed by atoms with Crippen LogP contribution in [0.1, 0.15) is 59.4 Å². The molecule has 5 rings (SSSR count). The van der Waals surface area contributed by atoms with Crippen molar-refractivity contribution in [3.05, 3.63) is 60.2 Å². The molecule has 0 saturated carbocycles. The lowest BCUT2D eigenvalue weighted by atomic mass is 9.80. The molecule has 210 valence electrons. The largest absolute Gasteiger partial charge is 0.492 e. The van der Waals surface area contributed by atoms with Crippen LogP contribution in [0.4, 0.5) is 0 Å². The van der Waals surface area contributed by atoms with E-state index in [4.69, 9.17) is 14.9 Å². The van der Waals surface area contributed by atoms with E-state index >= 15 is 0 Å². The number of H-pyrrole nitrogens is 1. The van der Waals surface area contributed by atoms with Gasteiger partial charge in [0.15, 0.2) is 0 Å². The molecule has 0 bridgehead atoms. The molecule has 0 atom stereocenters. The Labute approximate surface area is 243 Å². The van der Waals surface area contributed by atoms with Crippen LogP contribution in [0.5, 0.6) is 5.75 Å². The Morgan fingerprint density at radius 1 is 0.949 bits per heavy atom. The van der Waals surface area contributed by atoms with E-state index in [1.54, 1.807) is 0 Å². The highest BCUT2D eigenvalue weighted by molar-refractivity contribution is 6.01. The number of aromatic nitrogens is 2. The summed E-state index contributed by atoms with van der Waals surface area (Å²) in [6.45, 7) is 13.4. The average Bonchev–Trinajstić information content (AvgIpc) is 3.28. The molecule has 8 heteroatoms. The summed E-state index contributed by atoms with van der Waals surface area (Å²) in [5.41, 5.74) is 3.98. The lowest BCUT2D eigenvalue weighted by Gasteiger charge is -2.53. The zero-order chi connectivity index (χ0) is 26.2. The molecule has 0 spiro atoms. The van der Waals surface area contributed by atoms with Crippen LogP contribution in [-0.4, -0.2) is 51.8 Å². The summed E-state index contributed by atoms with van der Waals surface area (Å²) in [5, 5.41) is 19.1. The van der Waals surface area contributed by atoms with Crippen molar-refractivity contribution < 1.29 is 9.47 Å². The number of rotatable bonds is 7. The maximum Gasteiger partial charge on any atom is 0.213 e. The second-order valence-electron chi connectivity index (χ2n) is 11.3. The van der Waals surface area contributed by atoms with Crippen LogP contribution in [0.15, 0.2) is 54.6 Å². The monoisotopic (exact) mass is 570 g/mol. The van der Waals surface area contributed by atoms with Crippen LogP contribution in [0.2, 0.25) is 0 Å². The molecule has 1 aromatic heterocycles. The average molecular weight is 572 g/mol. The van der Waals surface area contributed by atoms with Crippen molar-refractivity contribution in [3.8, 4) is 17.0 Å². The summed E-state index contributed by atoms with van der Waals surface area (Å²) in [4.78, 5) is 2.62. The molecule has 0 amide bonds. The van der Waals surface area contributed by atoms with E-state index in [-0.39, 0.29) is 41.8 Å². The number of benzene rings is 3. The molecule has 1 aliphatic rings. The molecule has 3 aromatic carbocycles. The van der Waals surface area contributed by atoms with Gasteiger partial charge in [-0.1, -0.05) is 18.2 Å². The van der Waals surface area contributed by atoms with Crippen molar-refractivity contribution in [1.29, 1.82) is 5.41 Å². The fourth-order valence-corrected chi connectivity index (χ4v) is 5.97. The third-order valence-electron chi connectivity index (χ3n) is 7.82. The van der Waals surface area contributed by atoms with Crippen LogP contribution >= 0.6 is 24.8 Å². The molecular weight excluding hydrogens is 531 g/mol. The first kappa shape index (κ1) is 30.7. The first-order chi connectivity index (χ1) is 17.7. The summed E-state index contributed by atoms with van der Waals surface area (Å²) < 4.78 is 11.6. The van der Waals surface area contributed by atoms with Crippen LogP contribution < -0.4 is 4.74 Å². The Kier molecular flexibility index (Phi) is 9.58. The Balaban J connectivity index is 0.00000210. The van der Waals surface area contributed by atoms with Gasteiger partial charge in [-0.05, 0) is 101 Å². The minimum absolute atomic E-state index is 0. The number of fused-ring (bicyclic) bond motifs is 2. The van der Waals surface area contributed by atoms with Gasteiger partial charge in [0.2, 0.25) is 5.90 Å². The number of nitrogens with one attached hydrogen (secondary N) is 2. The minimum atomic E-state index is 0. The highest BCUT2D eigenvalue weighted by Crippen LogP contribution is 2.38. The smallest absolute Gasteiger partial charge is 0.213 e. The molecule has 4 aromatic rings. The van der Waals surface area contributed by atoms with Gasteiger partial charge in [0.25, 0.3) is 0 Å². The molecule has 2 heterocycles. The number of piperidine rings is 1. The molecule has 0 unspecified atom stereocenters. The van der Waals surface area contributed by atoms with Crippen LogP contribution in [0.3, 0.4) is 0 Å². The highest BCUT2D eigenvalue weighted by atomic mass is 35.5. The zero-order valence-corrected chi connectivity index (χ0v) is 25.1. The van der Waals surface area contributed by atoms with E-state index in [1.807, 2.05) is 25.1 Å². The van der Waals surface area contributed by atoms with Crippen molar-refractivity contribution >= 4 is 52.4 Å². The molecule has 0 radical (unpaired) electrons. The third-order valence-corrected chi connectivity index (χ3v) is 7.82. The van der Waals surface area contributed by atoms with Crippen molar-refractivity contribution in [2.75, 3.05) is 19.8 Å². The number of hydrogen-bond donors (Lipinski definition) is 2. The molecule has 1 aliphatic heterocycles. The molecule has 1 saturated heterocycles. The van der Waals surface area contributed by atoms with Gasteiger partial charge in [-0.15, -0.1) is 24.8 Å². The van der Waals surface area contributed by atoms with Gasteiger partial charge in [-0.2, -0.15) is 5.10 Å². The number of aromatic amines is 1. The Morgan fingerprint density at radius 3 is 2.36 bits per heavy atom. The molecule has 39 heavy (non-hydrogen) atoms. The summed E-state index contributed by atoms with van der Waals surface area (Å²) >= 11 is 0. The highest BCUT2D eigenvalue weighted by Gasteiger charge is 2.40. The first-order valence-electron chi connectivity index (χ1n) is 13.3. The van der Waals surface area contributed by atoms with Gasteiger partial charge < -0.3 is 9.47 Å². The van der Waals surface area contributed by atoms with E-state index in [1.165, 1.54) is 19.3 Å². The van der Waals surface area contributed by atoms with Gasteiger partial charge in [-0.25, -0.2) is 0 Å². The molecule has 0 aliphatic carbocycles. The van der Waals surface area contributed by atoms with Gasteiger partial charge in [0, 0.05) is 34.1 Å². The maximum atomic E-state index is 8.14. The number of ether oxygens (including phenoxy) is 2. The van der Waals surface area contributed by atoms with Crippen molar-refractivity contribution in [1.82, 2.24) is 15.1 Å². The van der Waals surface area contributed by atoms with Crippen LogP contribution in [-0.2, 0) is 4.74 Å². The van der Waals surface area contributed by atoms with E-state index < -0.39 is 0 Å². The predicted molar refractivity (Wildman–Crippen MR) is 166 cm³/mol. The van der Waals surface area contributed by atoms with Crippen LogP contribution in [0, 0.1) is 5.41 Å². The second-order valence-corrected chi connectivity index (χ2v) is 11.3. The lowest BCUT2D eigenvalue weighted by molar-refractivity contribution is -0.0340.